The summed E-state index contributed by atoms with van der Waals surface area (Å²) in [7, 11) is 0. The maximum Gasteiger partial charge on any atom is 0.412 e. The smallest absolute Gasteiger partial charge is 0.399 e. The van der Waals surface area contributed by atoms with Crippen molar-refractivity contribution in [2.45, 2.75) is 38.3 Å². The molecule has 12 heteroatoms. The normalized spacial score (nSPS) is 18.3. The predicted octanol–water partition coefficient (Wildman–Crippen LogP) is 4.55. The highest BCUT2D eigenvalue weighted by molar-refractivity contribution is 6.08. The number of alkyl halides is 5. The minimum atomic E-state index is -4.38. The van der Waals surface area contributed by atoms with Crippen LogP contribution in [0.5, 0.6) is 0 Å². The van der Waals surface area contributed by atoms with Gasteiger partial charge in [-0.1, -0.05) is 6.08 Å². The molecule has 4 rings (SSSR count). The zero-order valence-corrected chi connectivity index (χ0v) is 19.0. The number of nitrogens with two attached hydrogens (primary N) is 1. The van der Waals surface area contributed by atoms with E-state index in [1.54, 1.807) is 28.9 Å². The maximum absolute atomic E-state index is 13.5. The van der Waals surface area contributed by atoms with Gasteiger partial charge in [0, 0.05) is 62.0 Å². The maximum atomic E-state index is 13.5. The van der Waals surface area contributed by atoms with Crippen LogP contribution in [0.2, 0.25) is 0 Å². The SMILES string of the molecule is Cc1cc(NC(=O)c2ccc(N)cc2N2CC=C(C(F)(F)F)CC2)nc(N2CCC(F)(F)CC2)n1. The zero-order valence-electron chi connectivity index (χ0n) is 19.0. The number of halogens is 5. The molecule has 35 heavy (non-hydrogen) atoms. The molecule has 2 aliphatic heterocycles. The summed E-state index contributed by atoms with van der Waals surface area (Å²) >= 11 is 0. The van der Waals surface area contributed by atoms with Gasteiger partial charge in [-0.15, -0.1) is 0 Å². The summed E-state index contributed by atoms with van der Waals surface area (Å²) in [6.45, 7) is 1.94. The monoisotopic (exact) mass is 496 g/mol. The van der Waals surface area contributed by atoms with Gasteiger partial charge in [-0.3, -0.25) is 4.79 Å². The van der Waals surface area contributed by atoms with Crippen molar-refractivity contribution in [2.75, 3.05) is 47.0 Å². The second kappa shape index (κ2) is 9.31. The highest BCUT2D eigenvalue weighted by Gasteiger charge is 2.36. The Hall–Kier alpha value is -3.44. The van der Waals surface area contributed by atoms with E-state index in [0.29, 0.717) is 17.1 Å². The molecule has 1 saturated heterocycles. The van der Waals surface area contributed by atoms with E-state index in [0.717, 1.165) is 6.08 Å². The lowest BCUT2D eigenvalue weighted by atomic mass is 10.0. The molecule has 3 N–H and O–H groups in total. The third kappa shape index (κ3) is 5.80. The third-order valence-corrected chi connectivity index (χ3v) is 6.04. The largest absolute Gasteiger partial charge is 0.412 e. The quantitative estimate of drug-likeness (QED) is 0.367. The lowest BCUT2D eigenvalue weighted by Gasteiger charge is -2.32. The number of anilines is 4. The van der Waals surface area contributed by atoms with E-state index < -0.39 is 23.6 Å². The van der Waals surface area contributed by atoms with Gasteiger partial charge in [0.2, 0.25) is 5.95 Å². The molecule has 1 fully saturated rings. The first-order valence-electron chi connectivity index (χ1n) is 11.1. The molecule has 188 valence electrons. The fourth-order valence-electron chi connectivity index (χ4n) is 4.12. The van der Waals surface area contributed by atoms with E-state index >= 15 is 0 Å². The van der Waals surface area contributed by atoms with Crippen molar-refractivity contribution in [3.63, 3.8) is 0 Å². The van der Waals surface area contributed by atoms with Gasteiger partial charge in [0.15, 0.2) is 0 Å². The van der Waals surface area contributed by atoms with Gasteiger partial charge in [-0.05, 0) is 31.5 Å². The Morgan fingerprint density at radius 2 is 1.80 bits per heavy atom. The van der Waals surface area contributed by atoms with Crippen LogP contribution in [0.3, 0.4) is 0 Å². The molecule has 1 aromatic carbocycles. The molecule has 0 saturated carbocycles. The Balaban J connectivity index is 1.54. The number of hydrogen-bond donors (Lipinski definition) is 2. The van der Waals surface area contributed by atoms with E-state index in [1.165, 1.54) is 12.1 Å². The first-order chi connectivity index (χ1) is 16.4. The van der Waals surface area contributed by atoms with Gasteiger partial charge >= 0.3 is 6.18 Å². The molecule has 0 atom stereocenters. The summed E-state index contributed by atoms with van der Waals surface area (Å²) in [5.41, 5.74) is 6.83. The topological polar surface area (TPSA) is 87.4 Å². The average molecular weight is 496 g/mol. The zero-order chi connectivity index (χ0) is 25.4. The van der Waals surface area contributed by atoms with Crippen LogP contribution < -0.4 is 20.9 Å². The Labute approximate surface area is 198 Å². The van der Waals surface area contributed by atoms with Crippen LogP contribution in [0, 0.1) is 6.92 Å². The molecule has 3 heterocycles. The number of piperidine rings is 1. The van der Waals surface area contributed by atoms with Crippen molar-refractivity contribution in [1.29, 1.82) is 0 Å². The van der Waals surface area contributed by atoms with Crippen LogP contribution in [-0.2, 0) is 0 Å². The first kappa shape index (κ1) is 24.7. The van der Waals surface area contributed by atoms with E-state index in [1.807, 2.05) is 0 Å². The van der Waals surface area contributed by atoms with Gasteiger partial charge in [-0.2, -0.15) is 18.2 Å². The van der Waals surface area contributed by atoms with E-state index in [9.17, 15) is 26.7 Å². The lowest BCUT2D eigenvalue weighted by Crippen LogP contribution is -2.40. The molecule has 0 bridgehead atoms. The first-order valence-corrected chi connectivity index (χ1v) is 11.1. The summed E-state index contributed by atoms with van der Waals surface area (Å²) in [6.07, 6.45) is -4.09. The molecule has 0 aliphatic carbocycles. The van der Waals surface area contributed by atoms with Crippen molar-refractivity contribution in [1.82, 2.24) is 9.97 Å². The van der Waals surface area contributed by atoms with Gasteiger partial charge in [-0.25, -0.2) is 13.8 Å². The minimum Gasteiger partial charge on any atom is -0.399 e. The van der Waals surface area contributed by atoms with Crippen LogP contribution in [-0.4, -0.2) is 54.2 Å². The third-order valence-electron chi connectivity index (χ3n) is 6.04. The van der Waals surface area contributed by atoms with Crippen LogP contribution in [0.4, 0.5) is 45.1 Å². The van der Waals surface area contributed by atoms with Crippen molar-refractivity contribution >= 4 is 29.0 Å². The Kier molecular flexibility index (Phi) is 6.56. The number of nitrogens with one attached hydrogen (secondary N) is 1. The van der Waals surface area contributed by atoms with Crippen molar-refractivity contribution in [3.8, 4) is 0 Å². The number of hydrogen-bond acceptors (Lipinski definition) is 6. The number of nitrogens with zero attached hydrogens (tertiary/aromatic N) is 4. The minimum absolute atomic E-state index is 0.0189. The summed E-state index contributed by atoms with van der Waals surface area (Å²) in [4.78, 5) is 25.1. The molecule has 0 radical (unpaired) electrons. The number of rotatable bonds is 4. The fourth-order valence-corrected chi connectivity index (χ4v) is 4.12. The second-order valence-electron chi connectivity index (χ2n) is 8.69. The Morgan fingerprint density at radius 1 is 1.09 bits per heavy atom. The molecule has 1 amide bonds. The van der Waals surface area contributed by atoms with E-state index in [4.69, 9.17) is 5.73 Å². The average Bonchev–Trinajstić information content (AvgIpc) is 2.78. The summed E-state index contributed by atoms with van der Waals surface area (Å²) in [6, 6.07) is 6.14. The number of carbonyl (C=O) groups is 1. The predicted molar refractivity (Wildman–Crippen MR) is 123 cm³/mol. The van der Waals surface area contributed by atoms with Gasteiger partial charge in [0.1, 0.15) is 5.82 Å². The van der Waals surface area contributed by atoms with Crippen molar-refractivity contribution < 1.29 is 26.7 Å². The van der Waals surface area contributed by atoms with Gasteiger partial charge in [0.25, 0.3) is 11.8 Å². The standard InChI is InChI=1S/C23H25F5N6O/c1-14-12-19(32-21(30-14)34-10-6-22(24,25)7-11-34)31-20(35)17-3-2-16(29)13-18(17)33-8-4-15(5-9-33)23(26,27)28/h2-4,12-13H,5-11,29H2,1H3,(H,30,31,32,35). The number of carbonyl (C=O) groups excluding carboxylic acids is 1. The van der Waals surface area contributed by atoms with E-state index in [2.05, 4.69) is 15.3 Å². The Morgan fingerprint density at radius 3 is 2.43 bits per heavy atom. The van der Waals surface area contributed by atoms with Crippen LogP contribution in [0.25, 0.3) is 0 Å². The summed E-state index contributed by atoms with van der Waals surface area (Å²) in [5, 5.41) is 2.70. The highest BCUT2D eigenvalue weighted by Crippen LogP contribution is 2.34. The number of aryl methyl sites for hydroxylation is 1. The van der Waals surface area contributed by atoms with Gasteiger partial charge < -0.3 is 20.9 Å². The van der Waals surface area contributed by atoms with Crippen LogP contribution in [0.1, 0.15) is 35.3 Å². The molecule has 1 aromatic heterocycles. The second-order valence-corrected chi connectivity index (χ2v) is 8.69. The van der Waals surface area contributed by atoms with Gasteiger partial charge in [0.05, 0.1) is 11.3 Å². The fraction of sp³-hybridized carbons (Fsp3) is 0.435. The summed E-state index contributed by atoms with van der Waals surface area (Å²) < 4.78 is 66.0. The Bertz CT molecular complexity index is 1140. The number of amides is 1. The lowest BCUT2D eigenvalue weighted by molar-refractivity contribution is -0.0944. The summed E-state index contributed by atoms with van der Waals surface area (Å²) in [5.74, 6) is -2.81. The number of benzene rings is 1. The molecule has 7 nitrogen and oxygen atoms in total. The van der Waals surface area contributed by atoms with E-state index in [-0.39, 0.29) is 62.8 Å². The van der Waals surface area contributed by atoms with Crippen molar-refractivity contribution in [3.05, 3.63) is 47.2 Å². The molecular formula is C23H25F5N6O. The number of aromatic nitrogens is 2. The highest BCUT2D eigenvalue weighted by atomic mass is 19.4. The molecular weight excluding hydrogens is 471 g/mol. The van der Waals surface area contributed by atoms with Crippen molar-refractivity contribution in [2.24, 2.45) is 0 Å². The van der Waals surface area contributed by atoms with Crippen LogP contribution >= 0.6 is 0 Å². The molecule has 0 spiro atoms. The number of nitrogen functional groups attached to an aromatic ring is 1. The molecule has 2 aromatic rings. The van der Waals surface area contributed by atoms with Crippen LogP contribution in [0.15, 0.2) is 35.9 Å². The molecule has 2 aliphatic rings. The molecule has 0 unspecified atom stereocenters.